The van der Waals surface area contributed by atoms with Gasteiger partial charge in [-0.1, -0.05) is 20.8 Å². The fourth-order valence-corrected chi connectivity index (χ4v) is 3.78. The Morgan fingerprint density at radius 1 is 1.00 bits per heavy atom. The lowest BCUT2D eigenvalue weighted by molar-refractivity contribution is 0.113. The van der Waals surface area contributed by atoms with Crippen LogP contribution in [0.5, 0.6) is 0 Å². The minimum Gasteiger partial charge on any atom is -0.316 e. The molecule has 0 aromatic rings. The molecule has 0 aliphatic carbocycles. The summed E-state index contributed by atoms with van der Waals surface area (Å²) >= 11 is 0. The van der Waals surface area contributed by atoms with Crippen molar-refractivity contribution >= 4 is 0 Å². The van der Waals surface area contributed by atoms with E-state index in [1.165, 1.54) is 65.0 Å². The van der Waals surface area contributed by atoms with Gasteiger partial charge in [0.2, 0.25) is 0 Å². The monoisotopic (exact) mass is 281 g/mol. The normalized spacial score (nSPS) is 23.6. The molecule has 0 unspecified atom stereocenters. The van der Waals surface area contributed by atoms with Gasteiger partial charge in [-0.05, 0) is 69.7 Å². The molecular formula is C17H35N3. The molecule has 2 heterocycles. The second kappa shape index (κ2) is 7.77. The fourth-order valence-electron chi connectivity index (χ4n) is 3.78. The molecule has 2 aliphatic rings. The van der Waals surface area contributed by atoms with Crippen molar-refractivity contribution in [2.24, 2.45) is 11.3 Å². The van der Waals surface area contributed by atoms with Crippen LogP contribution >= 0.6 is 0 Å². The first-order chi connectivity index (χ1) is 9.59. The Bertz CT molecular complexity index is 263. The van der Waals surface area contributed by atoms with Crippen LogP contribution in [0.3, 0.4) is 0 Å². The van der Waals surface area contributed by atoms with Crippen LogP contribution in [0.4, 0.5) is 0 Å². The SMILES string of the molecule is CCNCC(C)(C)CN1CCC(CN2CCCC2)CC1. The van der Waals surface area contributed by atoms with Gasteiger partial charge in [-0.25, -0.2) is 0 Å². The molecule has 2 saturated heterocycles. The Hall–Kier alpha value is -0.120. The Kier molecular flexibility index (Phi) is 6.31. The van der Waals surface area contributed by atoms with Gasteiger partial charge >= 0.3 is 0 Å². The van der Waals surface area contributed by atoms with Crippen molar-refractivity contribution in [3.8, 4) is 0 Å². The predicted molar refractivity (Wildman–Crippen MR) is 87.2 cm³/mol. The van der Waals surface area contributed by atoms with E-state index >= 15 is 0 Å². The molecule has 1 N–H and O–H groups in total. The van der Waals surface area contributed by atoms with Crippen LogP contribution in [0.25, 0.3) is 0 Å². The Balaban J connectivity index is 1.65. The van der Waals surface area contributed by atoms with Crippen LogP contribution in [-0.4, -0.2) is 62.2 Å². The summed E-state index contributed by atoms with van der Waals surface area (Å²) in [4.78, 5) is 5.38. The van der Waals surface area contributed by atoms with Crippen LogP contribution in [-0.2, 0) is 0 Å². The van der Waals surface area contributed by atoms with Crippen LogP contribution in [0, 0.1) is 11.3 Å². The zero-order valence-electron chi connectivity index (χ0n) is 14.0. The molecule has 0 amide bonds. The van der Waals surface area contributed by atoms with E-state index in [1.807, 2.05) is 0 Å². The zero-order valence-corrected chi connectivity index (χ0v) is 14.0. The molecule has 0 spiro atoms. The van der Waals surface area contributed by atoms with Gasteiger partial charge in [0.15, 0.2) is 0 Å². The van der Waals surface area contributed by atoms with Gasteiger partial charge in [-0.2, -0.15) is 0 Å². The van der Waals surface area contributed by atoms with Gasteiger partial charge in [0.05, 0.1) is 0 Å². The van der Waals surface area contributed by atoms with E-state index in [0.717, 1.165) is 19.0 Å². The minimum absolute atomic E-state index is 0.401. The summed E-state index contributed by atoms with van der Waals surface area (Å²) in [6.45, 7) is 17.2. The van der Waals surface area contributed by atoms with E-state index in [0.29, 0.717) is 5.41 Å². The lowest BCUT2D eigenvalue weighted by Gasteiger charge is -2.38. The standard InChI is InChI=1S/C17H35N3/c1-4-18-14-17(2,3)15-20-11-7-16(8-12-20)13-19-9-5-6-10-19/h16,18H,4-15H2,1-3H3. The Morgan fingerprint density at radius 2 is 1.65 bits per heavy atom. The Labute approximate surface area is 126 Å². The van der Waals surface area contributed by atoms with Crippen molar-refractivity contribution in [3.63, 3.8) is 0 Å². The first kappa shape index (κ1) is 16.3. The highest BCUT2D eigenvalue weighted by atomic mass is 15.2. The van der Waals surface area contributed by atoms with Crippen molar-refractivity contribution in [1.82, 2.24) is 15.1 Å². The second-order valence-electron chi connectivity index (χ2n) is 7.67. The predicted octanol–water partition coefficient (Wildman–Crippen LogP) is 2.43. The average molecular weight is 281 g/mol. The third-order valence-electron chi connectivity index (χ3n) is 4.93. The molecule has 2 aliphatic heterocycles. The van der Waals surface area contributed by atoms with Crippen LogP contribution in [0.2, 0.25) is 0 Å². The summed E-state index contributed by atoms with van der Waals surface area (Å²) < 4.78 is 0. The molecule has 118 valence electrons. The van der Waals surface area contributed by atoms with E-state index in [2.05, 4.69) is 35.9 Å². The smallest absolute Gasteiger partial charge is 0.00448 e. The largest absolute Gasteiger partial charge is 0.316 e. The van der Waals surface area contributed by atoms with Crippen molar-refractivity contribution in [2.75, 3.05) is 52.4 Å². The summed E-state index contributed by atoms with van der Waals surface area (Å²) in [6, 6.07) is 0. The topological polar surface area (TPSA) is 18.5 Å². The quantitative estimate of drug-likeness (QED) is 0.773. The molecule has 3 heteroatoms. The van der Waals surface area contributed by atoms with Crippen molar-refractivity contribution in [3.05, 3.63) is 0 Å². The Morgan fingerprint density at radius 3 is 2.25 bits per heavy atom. The number of rotatable bonds is 7. The molecule has 0 aromatic heterocycles. The van der Waals surface area contributed by atoms with Crippen LogP contribution in [0.1, 0.15) is 46.5 Å². The van der Waals surface area contributed by atoms with Gasteiger partial charge in [0.1, 0.15) is 0 Å². The molecule has 20 heavy (non-hydrogen) atoms. The maximum atomic E-state index is 3.50. The van der Waals surface area contributed by atoms with Crippen LogP contribution < -0.4 is 5.32 Å². The molecule has 0 bridgehead atoms. The third kappa shape index (κ3) is 5.34. The molecule has 0 radical (unpaired) electrons. The van der Waals surface area contributed by atoms with Crippen molar-refractivity contribution < 1.29 is 0 Å². The van der Waals surface area contributed by atoms with E-state index in [9.17, 15) is 0 Å². The lowest BCUT2D eigenvalue weighted by atomic mass is 9.90. The molecule has 3 nitrogen and oxygen atoms in total. The first-order valence-electron chi connectivity index (χ1n) is 8.74. The van der Waals surface area contributed by atoms with Gasteiger partial charge in [-0.3, -0.25) is 0 Å². The van der Waals surface area contributed by atoms with Crippen LogP contribution in [0.15, 0.2) is 0 Å². The second-order valence-corrected chi connectivity index (χ2v) is 7.67. The highest BCUT2D eigenvalue weighted by molar-refractivity contribution is 4.81. The number of likely N-dealkylation sites (tertiary alicyclic amines) is 2. The number of hydrogen-bond donors (Lipinski definition) is 1. The van der Waals surface area contributed by atoms with Gasteiger partial charge < -0.3 is 15.1 Å². The summed E-state index contributed by atoms with van der Waals surface area (Å²) in [5.74, 6) is 0.959. The molecule has 2 fully saturated rings. The maximum absolute atomic E-state index is 3.50. The van der Waals surface area contributed by atoms with Crippen molar-refractivity contribution in [2.45, 2.75) is 46.5 Å². The summed E-state index contributed by atoms with van der Waals surface area (Å²) in [7, 11) is 0. The summed E-state index contributed by atoms with van der Waals surface area (Å²) in [6.07, 6.45) is 5.68. The highest BCUT2D eigenvalue weighted by Gasteiger charge is 2.26. The molecule has 0 saturated carbocycles. The molecule has 0 aromatic carbocycles. The maximum Gasteiger partial charge on any atom is 0.00448 e. The summed E-state index contributed by atoms with van der Waals surface area (Å²) in [5.41, 5.74) is 0.401. The highest BCUT2D eigenvalue weighted by Crippen LogP contribution is 2.24. The number of hydrogen-bond acceptors (Lipinski definition) is 3. The first-order valence-corrected chi connectivity index (χ1v) is 8.74. The van der Waals surface area contributed by atoms with Gasteiger partial charge in [0.25, 0.3) is 0 Å². The zero-order chi connectivity index (χ0) is 14.4. The van der Waals surface area contributed by atoms with Gasteiger partial charge in [0, 0.05) is 19.6 Å². The number of nitrogens with one attached hydrogen (secondary N) is 1. The van der Waals surface area contributed by atoms with E-state index in [4.69, 9.17) is 0 Å². The van der Waals surface area contributed by atoms with Gasteiger partial charge in [-0.15, -0.1) is 0 Å². The molecule has 2 rings (SSSR count). The number of nitrogens with zero attached hydrogens (tertiary/aromatic N) is 2. The fraction of sp³-hybridized carbons (Fsp3) is 1.00. The number of piperidine rings is 1. The third-order valence-corrected chi connectivity index (χ3v) is 4.93. The van der Waals surface area contributed by atoms with E-state index in [-0.39, 0.29) is 0 Å². The minimum atomic E-state index is 0.401. The molecular weight excluding hydrogens is 246 g/mol. The lowest BCUT2D eigenvalue weighted by Crippen LogP contribution is -2.45. The van der Waals surface area contributed by atoms with E-state index < -0.39 is 0 Å². The van der Waals surface area contributed by atoms with Crippen molar-refractivity contribution in [1.29, 1.82) is 0 Å². The van der Waals surface area contributed by atoms with E-state index in [1.54, 1.807) is 0 Å². The summed E-state index contributed by atoms with van der Waals surface area (Å²) in [5, 5.41) is 3.50. The average Bonchev–Trinajstić information content (AvgIpc) is 2.91. The molecule has 0 atom stereocenters.